The third-order valence-electron chi connectivity index (χ3n) is 5.15. The van der Waals surface area contributed by atoms with Gasteiger partial charge in [0.05, 0.1) is 9.79 Å². The van der Waals surface area contributed by atoms with Crippen LogP contribution in [0.5, 0.6) is 0 Å². The molecule has 0 unspecified atom stereocenters. The average Bonchev–Trinajstić information content (AvgIpc) is 3.31. The normalized spacial score (nSPS) is 16.8. The molecular weight excluding hydrogens is 502 g/mol. The maximum absolute atomic E-state index is 13.0. The molecule has 1 aromatic heterocycles. The molecule has 0 radical (unpaired) electrons. The molecule has 0 saturated carbocycles. The largest absolute Gasteiger partial charge is 0.325 e. The fourth-order valence-corrected chi connectivity index (χ4v) is 6.25. The number of rotatable bonds is 7. The van der Waals surface area contributed by atoms with Gasteiger partial charge in [0.15, 0.2) is 0 Å². The molecule has 1 aliphatic heterocycles. The molecular formula is C21H20ClN5O5S2. The third kappa shape index (κ3) is 5.20. The summed E-state index contributed by atoms with van der Waals surface area (Å²) in [5, 5.41) is 3.08. The van der Waals surface area contributed by atoms with E-state index in [0.29, 0.717) is 23.6 Å². The number of nitrogens with zero attached hydrogens (tertiary/aromatic N) is 3. The molecule has 178 valence electrons. The highest BCUT2D eigenvalue weighted by atomic mass is 35.5. The lowest BCUT2D eigenvalue weighted by molar-refractivity contribution is -0.119. The van der Waals surface area contributed by atoms with Crippen molar-refractivity contribution in [2.75, 3.05) is 16.6 Å². The maximum Gasteiger partial charge on any atom is 0.264 e. The first kappa shape index (κ1) is 24.1. The maximum atomic E-state index is 13.0. The Balaban J connectivity index is 1.46. The van der Waals surface area contributed by atoms with Crippen molar-refractivity contribution in [1.29, 1.82) is 0 Å². The summed E-state index contributed by atoms with van der Waals surface area (Å²) < 4.78 is 54.5. The van der Waals surface area contributed by atoms with E-state index in [2.05, 4.69) is 20.0 Å². The minimum atomic E-state index is -3.92. The topological polar surface area (TPSA) is 138 Å². The van der Waals surface area contributed by atoms with E-state index in [0.717, 1.165) is 0 Å². The van der Waals surface area contributed by atoms with E-state index < -0.39 is 32.0 Å². The zero-order valence-electron chi connectivity index (χ0n) is 17.6. The SMILES string of the molecule is O=C(Nc1ccc(S(=O)(=O)Nc2ncccn2)cc1)[C@@H]1CCCN1S(=O)(=O)c1ccc(Cl)cc1. The molecule has 0 aliphatic carbocycles. The van der Waals surface area contributed by atoms with Crippen LogP contribution in [0.1, 0.15) is 12.8 Å². The number of anilines is 2. The monoisotopic (exact) mass is 521 g/mol. The average molecular weight is 522 g/mol. The van der Waals surface area contributed by atoms with E-state index >= 15 is 0 Å². The van der Waals surface area contributed by atoms with Crippen molar-refractivity contribution < 1.29 is 21.6 Å². The van der Waals surface area contributed by atoms with E-state index in [4.69, 9.17) is 11.6 Å². The first-order valence-electron chi connectivity index (χ1n) is 10.1. The Kier molecular flexibility index (Phi) is 6.84. The highest BCUT2D eigenvalue weighted by molar-refractivity contribution is 7.92. The Morgan fingerprint density at radius 2 is 1.56 bits per heavy atom. The Hall–Kier alpha value is -3.06. The molecule has 13 heteroatoms. The van der Waals surface area contributed by atoms with Crippen molar-refractivity contribution in [3.63, 3.8) is 0 Å². The van der Waals surface area contributed by atoms with Crippen LogP contribution in [0.3, 0.4) is 0 Å². The Morgan fingerprint density at radius 1 is 0.941 bits per heavy atom. The summed E-state index contributed by atoms with van der Waals surface area (Å²) in [6, 6.07) is 11.9. The van der Waals surface area contributed by atoms with Gasteiger partial charge < -0.3 is 5.32 Å². The van der Waals surface area contributed by atoms with Gasteiger partial charge in [-0.05, 0) is 67.4 Å². The highest BCUT2D eigenvalue weighted by Gasteiger charge is 2.39. The summed E-state index contributed by atoms with van der Waals surface area (Å²) in [5.74, 6) is -0.565. The summed E-state index contributed by atoms with van der Waals surface area (Å²) in [7, 11) is -7.80. The zero-order chi connectivity index (χ0) is 24.3. The number of nitrogens with one attached hydrogen (secondary N) is 2. The number of halogens is 1. The van der Waals surface area contributed by atoms with Crippen molar-refractivity contribution in [2.24, 2.45) is 0 Å². The fourth-order valence-electron chi connectivity index (χ4n) is 3.51. The van der Waals surface area contributed by atoms with E-state index in [1.807, 2.05) is 0 Å². The summed E-state index contributed by atoms with van der Waals surface area (Å²) >= 11 is 5.85. The van der Waals surface area contributed by atoms with Crippen LogP contribution in [0.2, 0.25) is 5.02 Å². The molecule has 10 nitrogen and oxygen atoms in total. The van der Waals surface area contributed by atoms with Gasteiger partial charge >= 0.3 is 0 Å². The Labute approximate surface area is 202 Å². The number of benzene rings is 2. The molecule has 1 atom stereocenters. The van der Waals surface area contributed by atoms with E-state index in [1.165, 1.54) is 65.2 Å². The molecule has 2 aromatic carbocycles. The van der Waals surface area contributed by atoms with Crippen LogP contribution < -0.4 is 10.0 Å². The summed E-state index contributed by atoms with van der Waals surface area (Å²) in [4.78, 5) is 20.6. The molecule has 0 spiro atoms. The first-order chi connectivity index (χ1) is 16.2. The second-order valence-electron chi connectivity index (χ2n) is 7.42. The van der Waals surface area contributed by atoms with Crippen molar-refractivity contribution in [1.82, 2.24) is 14.3 Å². The second-order valence-corrected chi connectivity index (χ2v) is 11.4. The Morgan fingerprint density at radius 3 is 2.21 bits per heavy atom. The molecule has 0 bridgehead atoms. The summed E-state index contributed by atoms with van der Waals surface area (Å²) in [6.45, 7) is 0.216. The smallest absolute Gasteiger partial charge is 0.264 e. The van der Waals surface area contributed by atoms with Gasteiger partial charge in [-0.3, -0.25) is 4.79 Å². The lowest BCUT2D eigenvalue weighted by atomic mass is 10.2. The Bertz CT molecular complexity index is 1380. The van der Waals surface area contributed by atoms with E-state index in [9.17, 15) is 21.6 Å². The number of carbonyl (C=O) groups is 1. The molecule has 2 heterocycles. The van der Waals surface area contributed by atoms with Crippen LogP contribution in [0.4, 0.5) is 11.6 Å². The molecule has 1 amide bonds. The molecule has 4 rings (SSSR count). The predicted molar refractivity (Wildman–Crippen MR) is 126 cm³/mol. The third-order valence-corrected chi connectivity index (χ3v) is 8.67. The van der Waals surface area contributed by atoms with Crippen LogP contribution >= 0.6 is 11.6 Å². The quantitative estimate of drug-likeness (QED) is 0.487. The van der Waals surface area contributed by atoms with Crippen LogP contribution in [0, 0.1) is 0 Å². The lowest BCUT2D eigenvalue weighted by Crippen LogP contribution is -2.43. The van der Waals surface area contributed by atoms with Gasteiger partial charge in [0.2, 0.25) is 21.9 Å². The van der Waals surface area contributed by atoms with Gasteiger partial charge in [-0.2, -0.15) is 4.31 Å². The van der Waals surface area contributed by atoms with Crippen molar-refractivity contribution >= 4 is 49.2 Å². The lowest BCUT2D eigenvalue weighted by Gasteiger charge is -2.23. The van der Waals surface area contributed by atoms with Gasteiger partial charge in [0.1, 0.15) is 6.04 Å². The minimum Gasteiger partial charge on any atom is -0.325 e. The number of amides is 1. The number of sulfonamides is 2. The van der Waals surface area contributed by atoms with Gasteiger partial charge in [-0.15, -0.1) is 0 Å². The number of hydrogen-bond acceptors (Lipinski definition) is 7. The van der Waals surface area contributed by atoms with Gasteiger partial charge in [-0.25, -0.2) is 31.5 Å². The molecule has 2 N–H and O–H groups in total. The van der Waals surface area contributed by atoms with Crippen molar-refractivity contribution in [2.45, 2.75) is 28.7 Å². The molecule has 1 aliphatic rings. The standard InChI is InChI=1S/C21H20ClN5O5S2/c22-15-4-8-18(9-5-15)34(31,32)27-14-1-3-19(27)20(28)25-16-6-10-17(11-7-16)33(29,30)26-21-23-12-2-13-24-21/h2,4-13,19H,1,3,14H2,(H,25,28)(H,23,24,26)/t19-/m0/s1. The molecule has 1 saturated heterocycles. The summed E-state index contributed by atoms with van der Waals surface area (Å²) in [6.07, 6.45) is 3.72. The van der Waals surface area contributed by atoms with Crippen molar-refractivity contribution in [3.05, 3.63) is 72.0 Å². The van der Waals surface area contributed by atoms with E-state index in [-0.39, 0.29) is 22.3 Å². The number of aromatic nitrogens is 2. The fraction of sp³-hybridized carbons (Fsp3) is 0.190. The highest BCUT2D eigenvalue weighted by Crippen LogP contribution is 2.28. The van der Waals surface area contributed by atoms with Crippen LogP contribution in [-0.4, -0.2) is 49.6 Å². The van der Waals surface area contributed by atoms with Gasteiger partial charge in [0.25, 0.3) is 10.0 Å². The molecule has 3 aromatic rings. The number of carbonyl (C=O) groups excluding carboxylic acids is 1. The van der Waals surface area contributed by atoms with Crippen LogP contribution in [0.15, 0.2) is 76.8 Å². The second kappa shape index (κ2) is 9.66. The van der Waals surface area contributed by atoms with Gasteiger partial charge in [-0.1, -0.05) is 11.6 Å². The molecule has 34 heavy (non-hydrogen) atoms. The number of hydrogen-bond donors (Lipinski definition) is 2. The van der Waals surface area contributed by atoms with Crippen molar-refractivity contribution in [3.8, 4) is 0 Å². The molecule has 1 fully saturated rings. The zero-order valence-corrected chi connectivity index (χ0v) is 20.0. The van der Waals surface area contributed by atoms with E-state index in [1.54, 1.807) is 6.07 Å². The van der Waals surface area contributed by atoms with Crippen LogP contribution in [-0.2, 0) is 24.8 Å². The first-order valence-corrected chi connectivity index (χ1v) is 13.5. The summed E-state index contributed by atoms with van der Waals surface area (Å²) in [5.41, 5.74) is 0.329. The van der Waals surface area contributed by atoms with Gasteiger partial charge in [0, 0.05) is 29.6 Å². The van der Waals surface area contributed by atoms with Crippen LogP contribution in [0.25, 0.3) is 0 Å². The predicted octanol–water partition coefficient (Wildman–Crippen LogP) is 2.72. The minimum absolute atomic E-state index is 0.0502.